The topological polar surface area (TPSA) is 29.5 Å². The van der Waals surface area contributed by atoms with E-state index in [0.717, 1.165) is 5.75 Å². The van der Waals surface area contributed by atoms with E-state index in [-0.39, 0.29) is 5.41 Å². The molecule has 0 unspecified atom stereocenters. The number of benzene rings is 1. The van der Waals surface area contributed by atoms with Gasteiger partial charge < -0.3 is 9.84 Å². The first-order valence-corrected chi connectivity index (χ1v) is 5.89. The Bertz CT molecular complexity index is 417. The van der Waals surface area contributed by atoms with Crippen LogP contribution < -0.4 is 4.74 Å². The van der Waals surface area contributed by atoms with E-state index in [2.05, 4.69) is 19.1 Å². The van der Waals surface area contributed by atoms with Crippen molar-refractivity contribution in [2.45, 2.75) is 31.6 Å². The first-order chi connectivity index (χ1) is 7.63. The van der Waals surface area contributed by atoms with E-state index < -0.39 is 0 Å². The molecule has 3 aliphatic rings. The van der Waals surface area contributed by atoms with Crippen LogP contribution in [0, 0.1) is 12.3 Å². The van der Waals surface area contributed by atoms with E-state index >= 15 is 0 Å². The third kappa shape index (κ3) is 1.11. The Hall–Kier alpha value is -1.02. The molecule has 1 aromatic carbocycles. The molecule has 0 saturated heterocycles. The van der Waals surface area contributed by atoms with Crippen LogP contribution in [-0.2, 0) is 5.41 Å². The summed E-state index contributed by atoms with van der Waals surface area (Å²) in [4.78, 5) is 0. The quantitative estimate of drug-likeness (QED) is 0.844. The highest BCUT2D eigenvalue weighted by atomic mass is 16.5. The molecule has 0 amide bonds. The van der Waals surface area contributed by atoms with Crippen molar-refractivity contribution in [2.24, 2.45) is 5.41 Å². The number of methoxy groups -OCH3 is 1. The molecule has 4 rings (SSSR count). The normalized spacial score (nSPS) is 35.2. The molecule has 1 N–H and O–H groups in total. The van der Waals surface area contributed by atoms with Gasteiger partial charge in [0, 0.05) is 6.61 Å². The SMILES string of the molecule is COc1ccc(C23CC(CO)(C2)C3)c(C)c1. The number of hydrogen-bond donors (Lipinski definition) is 1. The van der Waals surface area contributed by atoms with Gasteiger partial charge in [-0.1, -0.05) is 6.07 Å². The highest BCUT2D eigenvalue weighted by molar-refractivity contribution is 5.46. The average Bonchev–Trinajstić information content (AvgIpc) is 2.17. The number of aliphatic hydroxyl groups excluding tert-OH is 1. The average molecular weight is 218 g/mol. The second-order valence-electron chi connectivity index (χ2n) is 5.65. The first kappa shape index (κ1) is 10.2. The van der Waals surface area contributed by atoms with Gasteiger partial charge in [-0.15, -0.1) is 0 Å². The summed E-state index contributed by atoms with van der Waals surface area (Å²) in [6.45, 7) is 2.52. The van der Waals surface area contributed by atoms with E-state index in [9.17, 15) is 5.11 Å². The van der Waals surface area contributed by atoms with Gasteiger partial charge in [0.25, 0.3) is 0 Å². The molecule has 3 saturated carbocycles. The zero-order valence-electron chi connectivity index (χ0n) is 9.92. The minimum Gasteiger partial charge on any atom is -0.497 e. The molecule has 0 aromatic heterocycles. The molecule has 16 heavy (non-hydrogen) atoms. The van der Waals surface area contributed by atoms with Crippen LogP contribution in [0.5, 0.6) is 5.75 Å². The Morgan fingerprint density at radius 2 is 2.00 bits per heavy atom. The van der Waals surface area contributed by atoms with Gasteiger partial charge in [-0.25, -0.2) is 0 Å². The first-order valence-electron chi connectivity index (χ1n) is 5.89. The fourth-order valence-corrected chi connectivity index (χ4v) is 3.81. The van der Waals surface area contributed by atoms with E-state index in [1.807, 2.05) is 6.07 Å². The summed E-state index contributed by atoms with van der Waals surface area (Å²) in [5.41, 5.74) is 3.46. The molecule has 0 heterocycles. The van der Waals surface area contributed by atoms with Crippen LogP contribution in [0.25, 0.3) is 0 Å². The van der Waals surface area contributed by atoms with Gasteiger partial charge in [0.15, 0.2) is 0 Å². The predicted molar refractivity (Wildman–Crippen MR) is 62.8 cm³/mol. The Morgan fingerprint density at radius 1 is 1.31 bits per heavy atom. The zero-order valence-corrected chi connectivity index (χ0v) is 9.92. The van der Waals surface area contributed by atoms with Crippen LogP contribution in [-0.4, -0.2) is 18.8 Å². The van der Waals surface area contributed by atoms with Gasteiger partial charge in [-0.2, -0.15) is 0 Å². The van der Waals surface area contributed by atoms with Crippen LogP contribution >= 0.6 is 0 Å². The lowest BCUT2D eigenvalue weighted by molar-refractivity contribution is -0.168. The maximum atomic E-state index is 9.28. The second-order valence-corrected chi connectivity index (χ2v) is 5.65. The molecule has 0 aliphatic heterocycles. The van der Waals surface area contributed by atoms with Crippen molar-refractivity contribution in [2.75, 3.05) is 13.7 Å². The van der Waals surface area contributed by atoms with Crippen molar-refractivity contribution in [1.82, 2.24) is 0 Å². The van der Waals surface area contributed by atoms with E-state index in [0.29, 0.717) is 12.0 Å². The number of aliphatic hydroxyl groups is 1. The van der Waals surface area contributed by atoms with Gasteiger partial charge in [0.05, 0.1) is 7.11 Å². The summed E-state index contributed by atoms with van der Waals surface area (Å²) in [7, 11) is 1.70. The third-order valence-electron chi connectivity index (χ3n) is 4.48. The summed E-state index contributed by atoms with van der Waals surface area (Å²) < 4.78 is 5.23. The van der Waals surface area contributed by atoms with Crippen molar-refractivity contribution in [1.29, 1.82) is 0 Å². The summed E-state index contributed by atoms with van der Waals surface area (Å²) in [5, 5.41) is 9.28. The van der Waals surface area contributed by atoms with Gasteiger partial charge in [0.1, 0.15) is 5.75 Å². The summed E-state index contributed by atoms with van der Waals surface area (Å²) in [5.74, 6) is 0.935. The van der Waals surface area contributed by atoms with Gasteiger partial charge in [-0.3, -0.25) is 0 Å². The van der Waals surface area contributed by atoms with Crippen LogP contribution in [0.2, 0.25) is 0 Å². The molecule has 0 spiro atoms. The van der Waals surface area contributed by atoms with Crippen molar-refractivity contribution >= 4 is 0 Å². The van der Waals surface area contributed by atoms with E-state index in [4.69, 9.17) is 4.74 Å². The highest BCUT2D eigenvalue weighted by Gasteiger charge is 2.67. The summed E-state index contributed by atoms with van der Waals surface area (Å²) in [6.07, 6.45) is 3.51. The van der Waals surface area contributed by atoms with Crippen molar-refractivity contribution in [3.05, 3.63) is 29.3 Å². The molecular formula is C14H18O2. The molecule has 0 radical (unpaired) electrons. The van der Waals surface area contributed by atoms with Crippen LogP contribution in [0.3, 0.4) is 0 Å². The lowest BCUT2D eigenvalue weighted by Gasteiger charge is -2.71. The number of hydrogen-bond acceptors (Lipinski definition) is 2. The largest absolute Gasteiger partial charge is 0.497 e. The smallest absolute Gasteiger partial charge is 0.119 e. The molecule has 2 heteroatoms. The molecule has 2 bridgehead atoms. The van der Waals surface area contributed by atoms with Gasteiger partial charge in [-0.05, 0) is 60.3 Å². The standard InChI is InChI=1S/C14H18O2/c1-10-5-11(16-2)3-4-12(10)14-6-13(7-14,8-14)9-15/h3-5,15H,6-9H2,1-2H3. The predicted octanol–water partition coefficient (Wildman–Crippen LogP) is 2.42. The van der Waals surface area contributed by atoms with Crippen LogP contribution in [0.15, 0.2) is 18.2 Å². The zero-order chi connectivity index (χ0) is 11.4. The number of aryl methyl sites for hydroxylation is 1. The number of ether oxygens (including phenoxy) is 1. The molecule has 1 aromatic rings. The summed E-state index contributed by atoms with van der Waals surface area (Å²) in [6, 6.07) is 6.37. The summed E-state index contributed by atoms with van der Waals surface area (Å²) >= 11 is 0. The molecular weight excluding hydrogens is 200 g/mol. The molecule has 3 fully saturated rings. The van der Waals surface area contributed by atoms with Gasteiger partial charge in [0.2, 0.25) is 0 Å². The molecule has 2 nitrogen and oxygen atoms in total. The fourth-order valence-electron chi connectivity index (χ4n) is 3.81. The molecule has 86 valence electrons. The maximum Gasteiger partial charge on any atom is 0.119 e. The lowest BCUT2D eigenvalue weighted by Crippen LogP contribution is -2.66. The van der Waals surface area contributed by atoms with Gasteiger partial charge >= 0.3 is 0 Å². The Kier molecular flexibility index (Phi) is 1.91. The lowest BCUT2D eigenvalue weighted by atomic mass is 9.33. The monoisotopic (exact) mass is 218 g/mol. The van der Waals surface area contributed by atoms with Crippen molar-refractivity contribution < 1.29 is 9.84 Å². The maximum absolute atomic E-state index is 9.28. The highest BCUT2D eigenvalue weighted by Crippen LogP contribution is 2.73. The molecule has 3 aliphatic carbocycles. The third-order valence-corrected chi connectivity index (χ3v) is 4.48. The minimum atomic E-state index is 0.284. The molecule has 0 atom stereocenters. The fraction of sp³-hybridized carbons (Fsp3) is 0.571. The van der Waals surface area contributed by atoms with Crippen molar-refractivity contribution in [3.8, 4) is 5.75 Å². The van der Waals surface area contributed by atoms with Crippen LogP contribution in [0.4, 0.5) is 0 Å². The van der Waals surface area contributed by atoms with E-state index in [1.165, 1.54) is 30.4 Å². The van der Waals surface area contributed by atoms with Crippen LogP contribution in [0.1, 0.15) is 30.4 Å². The van der Waals surface area contributed by atoms with Crippen molar-refractivity contribution in [3.63, 3.8) is 0 Å². The second kappa shape index (κ2) is 3.01. The number of rotatable bonds is 3. The van der Waals surface area contributed by atoms with E-state index in [1.54, 1.807) is 7.11 Å². The Morgan fingerprint density at radius 3 is 2.50 bits per heavy atom. The Balaban J connectivity index is 1.87. The Labute approximate surface area is 96.2 Å². The minimum absolute atomic E-state index is 0.284.